The highest BCUT2D eigenvalue weighted by Gasteiger charge is 1.99. The summed E-state index contributed by atoms with van der Waals surface area (Å²) in [5, 5.41) is 0. The van der Waals surface area contributed by atoms with E-state index in [1.54, 1.807) is 0 Å². The third-order valence-electron chi connectivity index (χ3n) is 3.26. The van der Waals surface area contributed by atoms with Crippen LogP contribution < -0.4 is 0 Å². The summed E-state index contributed by atoms with van der Waals surface area (Å²) in [6, 6.07) is 0. The van der Waals surface area contributed by atoms with Crippen molar-refractivity contribution in [2.45, 2.75) is 66.2 Å². The molecule has 0 saturated heterocycles. The third kappa shape index (κ3) is 15.5. The predicted octanol–water partition coefficient (Wildman–Crippen LogP) is 5.16. The molecule has 0 aromatic heterocycles. The highest BCUT2D eigenvalue weighted by atomic mass is 32.2. The van der Waals surface area contributed by atoms with Gasteiger partial charge in [-0.1, -0.05) is 34.9 Å². The van der Waals surface area contributed by atoms with Gasteiger partial charge in [0.1, 0.15) is 0 Å². The minimum Gasteiger partial charge on any atom is -0.270 e. The molecule has 0 aliphatic carbocycles. The smallest absolute Gasteiger partial charge is 0.264 e. The second-order valence-electron chi connectivity index (χ2n) is 6.13. The van der Waals surface area contributed by atoms with Crippen LogP contribution in [0.1, 0.15) is 66.2 Å². The topological polar surface area (TPSA) is 43.4 Å². The van der Waals surface area contributed by atoms with Gasteiger partial charge in [-0.2, -0.15) is 8.42 Å². The highest BCUT2D eigenvalue weighted by Crippen LogP contribution is 2.12. The van der Waals surface area contributed by atoms with Crippen LogP contribution in [-0.4, -0.2) is 21.3 Å². The summed E-state index contributed by atoms with van der Waals surface area (Å²) in [4.78, 5) is 0. The van der Waals surface area contributed by atoms with Gasteiger partial charge in [0.25, 0.3) is 10.1 Å². The number of allylic oxidation sites excluding steroid dienone is 6. The van der Waals surface area contributed by atoms with E-state index in [1.807, 2.05) is 0 Å². The second-order valence-corrected chi connectivity index (χ2v) is 7.77. The van der Waals surface area contributed by atoms with Gasteiger partial charge in [0.2, 0.25) is 0 Å². The maximum Gasteiger partial charge on any atom is 0.264 e. The molecule has 0 aliphatic rings. The first-order valence-corrected chi connectivity index (χ1v) is 9.81. The van der Waals surface area contributed by atoms with Gasteiger partial charge in [-0.05, 0) is 66.2 Å². The van der Waals surface area contributed by atoms with Gasteiger partial charge >= 0.3 is 0 Å². The first kappa shape index (κ1) is 21.1. The predicted molar refractivity (Wildman–Crippen MR) is 95.4 cm³/mol. The molecule has 22 heavy (non-hydrogen) atoms. The summed E-state index contributed by atoms with van der Waals surface area (Å²) in [5.41, 5.74) is 4.19. The molecule has 0 radical (unpaired) electrons. The zero-order valence-electron chi connectivity index (χ0n) is 14.8. The van der Waals surface area contributed by atoms with Gasteiger partial charge in [-0.15, -0.1) is 0 Å². The summed E-state index contributed by atoms with van der Waals surface area (Å²) in [5.74, 6) is 0. The van der Waals surface area contributed by atoms with Crippen LogP contribution in [0.5, 0.6) is 0 Å². The molecule has 0 spiro atoms. The molecule has 0 amide bonds. The molecular formula is C18H32O3S. The molecule has 0 fully saturated rings. The van der Waals surface area contributed by atoms with Crippen LogP contribution >= 0.6 is 0 Å². The van der Waals surface area contributed by atoms with Gasteiger partial charge in [-0.3, -0.25) is 4.18 Å². The average molecular weight is 329 g/mol. The molecule has 0 heterocycles. The lowest BCUT2D eigenvalue weighted by Gasteiger charge is -2.02. The van der Waals surface area contributed by atoms with E-state index < -0.39 is 10.1 Å². The van der Waals surface area contributed by atoms with Crippen molar-refractivity contribution >= 4 is 10.1 Å². The Kier molecular flexibility index (Phi) is 11.2. The maximum absolute atomic E-state index is 10.8. The van der Waals surface area contributed by atoms with Crippen molar-refractivity contribution in [3.05, 3.63) is 34.9 Å². The minimum absolute atomic E-state index is 0.270. The van der Waals surface area contributed by atoms with Gasteiger partial charge in [0.15, 0.2) is 0 Å². The maximum atomic E-state index is 10.8. The molecule has 4 heteroatoms. The molecule has 0 aromatic carbocycles. The van der Waals surface area contributed by atoms with Crippen molar-refractivity contribution in [3.63, 3.8) is 0 Å². The van der Waals surface area contributed by atoms with Crippen LogP contribution in [0.3, 0.4) is 0 Å². The molecule has 0 saturated carbocycles. The Morgan fingerprint density at radius 3 is 1.86 bits per heavy atom. The van der Waals surface area contributed by atoms with E-state index in [1.165, 1.54) is 16.7 Å². The van der Waals surface area contributed by atoms with Crippen molar-refractivity contribution in [2.24, 2.45) is 0 Å². The molecule has 0 unspecified atom stereocenters. The molecule has 0 rings (SSSR count). The van der Waals surface area contributed by atoms with Crippen molar-refractivity contribution in [1.29, 1.82) is 0 Å². The van der Waals surface area contributed by atoms with Gasteiger partial charge in [0, 0.05) is 0 Å². The first-order chi connectivity index (χ1) is 10.2. The normalized spacial score (nSPS) is 13.3. The molecular weight excluding hydrogens is 296 g/mol. The summed E-state index contributed by atoms with van der Waals surface area (Å²) in [6.07, 6.45) is 13.9. The van der Waals surface area contributed by atoms with E-state index in [0.29, 0.717) is 0 Å². The van der Waals surface area contributed by atoms with Crippen LogP contribution in [-0.2, 0) is 14.3 Å². The Balaban J connectivity index is 3.85. The lowest BCUT2D eigenvalue weighted by molar-refractivity contribution is 0.317. The molecule has 0 N–H and O–H groups in total. The van der Waals surface area contributed by atoms with E-state index in [2.05, 4.69) is 45.9 Å². The lowest BCUT2D eigenvalue weighted by Crippen LogP contribution is -2.03. The van der Waals surface area contributed by atoms with Crippen LogP contribution in [0, 0.1) is 0 Å². The molecule has 0 atom stereocenters. The molecule has 3 nitrogen and oxygen atoms in total. The minimum atomic E-state index is -3.29. The van der Waals surface area contributed by atoms with Crippen LogP contribution in [0.15, 0.2) is 34.9 Å². The fraction of sp³-hybridized carbons (Fsp3) is 0.667. The summed E-state index contributed by atoms with van der Waals surface area (Å²) in [6.45, 7) is 8.86. The molecule has 0 aromatic rings. The first-order valence-electron chi connectivity index (χ1n) is 7.99. The SMILES string of the molecule is CC(C)=CCC/C(C)=C/CC/C(C)=C/CCCOS(C)(=O)=O. The van der Waals surface area contributed by atoms with Gasteiger partial charge in [-0.25, -0.2) is 0 Å². The summed E-state index contributed by atoms with van der Waals surface area (Å²) in [7, 11) is -3.29. The highest BCUT2D eigenvalue weighted by molar-refractivity contribution is 7.85. The number of hydrogen-bond acceptors (Lipinski definition) is 3. The van der Waals surface area contributed by atoms with E-state index in [-0.39, 0.29) is 6.61 Å². The Morgan fingerprint density at radius 2 is 1.36 bits per heavy atom. The van der Waals surface area contributed by atoms with Crippen molar-refractivity contribution in [3.8, 4) is 0 Å². The van der Waals surface area contributed by atoms with Crippen LogP contribution in [0.25, 0.3) is 0 Å². The van der Waals surface area contributed by atoms with Crippen LogP contribution in [0.4, 0.5) is 0 Å². The van der Waals surface area contributed by atoms with Crippen molar-refractivity contribution < 1.29 is 12.6 Å². The Hall–Kier alpha value is -0.870. The van der Waals surface area contributed by atoms with Crippen LogP contribution in [0.2, 0.25) is 0 Å². The number of rotatable bonds is 11. The average Bonchev–Trinajstić information content (AvgIpc) is 2.36. The van der Waals surface area contributed by atoms with Crippen molar-refractivity contribution in [2.75, 3.05) is 12.9 Å². The monoisotopic (exact) mass is 328 g/mol. The van der Waals surface area contributed by atoms with E-state index in [4.69, 9.17) is 4.18 Å². The summed E-state index contributed by atoms with van der Waals surface area (Å²) >= 11 is 0. The fourth-order valence-corrected chi connectivity index (χ4v) is 2.40. The van der Waals surface area contributed by atoms with Crippen molar-refractivity contribution in [1.82, 2.24) is 0 Å². The van der Waals surface area contributed by atoms with Gasteiger partial charge in [0.05, 0.1) is 12.9 Å². The lowest BCUT2D eigenvalue weighted by atomic mass is 10.1. The summed E-state index contributed by atoms with van der Waals surface area (Å²) < 4.78 is 26.3. The van der Waals surface area contributed by atoms with E-state index >= 15 is 0 Å². The zero-order chi connectivity index (χ0) is 17.0. The van der Waals surface area contributed by atoms with E-state index in [9.17, 15) is 8.42 Å². The Labute approximate surface area is 137 Å². The van der Waals surface area contributed by atoms with E-state index in [0.717, 1.165) is 44.8 Å². The zero-order valence-corrected chi connectivity index (χ0v) is 15.6. The second kappa shape index (κ2) is 11.7. The standard InChI is InChI=1S/C18H32O3S/c1-16(2)10-8-12-18(4)14-9-13-17(3)11-6-7-15-21-22(5,19)20/h10-11,14H,6-9,12-13,15H2,1-5H3/b17-11+,18-14+. The molecule has 0 aliphatic heterocycles. The largest absolute Gasteiger partial charge is 0.270 e. The Morgan fingerprint density at radius 1 is 0.864 bits per heavy atom. The fourth-order valence-electron chi connectivity index (χ4n) is 1.98. The molecule has 128 valence electrons. The quantitative estimate of drug-likeness (QED) is 0.299. The third-order valence-corrected chi connectivity index (χ3v) is 3.86. The Bertz CT molecular complexity index is 492. The van der Waals surface area contributed by atoms with Gasteiger partial charge < -0.3 is 0 Å². The number of hydrogen-bond donors (Lipinski definition) is 0. The number of unbranched alkanes of at least 4 members (excludes halogenated alkanes) is 1. The molecule has 0 bridgehead atoms.